The Morgan fingerprint density at radius 3 is 2.89 bits per heavy atom. The zero-order valence-corrected chi connectivity index (χ0v) is 12.0. The van der Waals surface area contributed by atoms with E-state index in [9.17, 15) is 4.79 Å². The van der Waals surface area contributed by atoms with Gasteiger partial charge >= 0.3 is 0 Å². The van der Waals surface area contributed by atoms with Crippen LogP contribution in [-0.2, 0) is 4.79 Å². The molecule has 104 valence electrons. The van der Waals surface area contributed by atoms with Crippen LogP contribution in [0.25, 0.3) is 0 Å². The standard InChI is InChI=1S/C14H19ClN2O2/c1-14(7-3-4-8-16-14)13(18)17-12-9-10(19-2)5-6-11(12)15/h5-6,9,16H,3-4,7-8H2,1-2H3,(H,17,18). The summed E-state index contributed by atoms with van der Waals surface area (Å²) >= 11 is 6.09. The predicted molar refractivity (Wildman–Crippen MR) is 76.9 cm³/mol. The van der Waals surface area contributed by atoms with E-state index in [-0.39, 0.29) is 5.91 Å². The summed E-state index contributed by atoms with van der Waals surface area (Å²) in [7, 11) is 1.58. The van der Waals surface area contributed by atoms with Gasteiger partial charge in [0.25, 0.3) is 0 Å². The minimum atomic E-state index is -0.523. The average Bonchev–Trinajstić information content (AvgIpc) is 2.42. The first-order valence-corrected chi connectivity index (χ1v) is 6.83. The lowest BCUT2D eigenvalue weighted by atomic mass is 9.90. The number of hydrogen-bond donors (Lipinski definition) is 2. The number of carbonyl (C=O) groups is 1. The Kier molecular flexibility index (Phi) is 4.32. The molecule has 0 aromatic heterocycles. The van der Waals surface area contributed by atoms with Crippen molar-refractivity contribution in [1.82, 2.24) is 5.32 Å². The van der Waals surface area contributed by atoms with Crippen LogP contribution in [0.1, 0.15) is 26.2 Å². The second kappa shape index (κ2) is 5.80. The van der Waals surface area contributed by atoms with Gasteiger partial charge in [0.2, 0.25) is 5.91 Å². The molecule has 1 atom stereocenters. The molecule has 0 spiro atoms. The van der Waals surface area contributed by atoms with Gasteiger partial charge in [-0.05, 0) is 44.9 Å². The van der Waals surface area contributed by atoms with Crippen molar-refractivity contribution in [2.45, 2.75) is 31.7 Å². The van der Waals surface area contributed by atoms with Gasteiger partial charge in [-0.3, -0.25) is 4.79 Å². The van der Waals surface area contributed by atoms with Crippen LogP contribution in [0.4, 0.5) is 5.69 Å². The summed E-state index contributed by atoms with van der Waals surface area (Å²) in [6, 6.07) is 5.21. The lowest BCUT2D eigenvalue weighted by molar-refractivity contribution is -0.122. The number of hydrogen-bond acceptors (Lipinski definition) is 3. The van der Waals surface area contributed by atoms with Crippen LogP contribution < -0.4 is 15.4 Å². The van der Waals surface area contributed by atoms with Crippen LogP contribution in [0.2, 0.25) is 5.02 Å². The maximum absolute atomic E-state index is 12.4. The summed E-state index contributed by atoms with van der Waals surface area (Å²) in [6.07, 6.45) is 3.01. The monoisotopic (exact) mass is 282 g/mol. The number of anilines is 1. The molecule has 0 aliphatic carbocycles. The van der Waals surface area contributed by atoms with Crippen molar-refractivity contribution < 1.29 is 9.53 Å². The van der Waals surface area contributed by atoms with Gasteiger partial charge in [0.15, 0.2) is 0 Å². The van der Waals surface area contributed by atoms with Gasteiger partial charge in [-0.2, -0.15) is 0 Å². The number of amides is 1. The Labute approximate surface area is 118 Å². The highest BCUT2D eigenvalue weighted by Crippen LogP contribution is 2.28. The summed E-state index contributed by atoms with van der Waals surface area (Å²) < 4.78 is 5.14. The summed E-state index contributed by atoms with van der Waals surface area (Å²) in [5, 5.41) is 6.67. The summed E-state index contributed by atoms with van der Waals surface area (Å²) in [4.78, 5) is 12.4. The third kappa shape index (κ3) is 3.19. The number of nitrogens with one attached hydrogen (secondary N) is 2. The van der Waals surface area contributed by atoms with Crippen molar-refractivity contribution in [2.24, 2.45) is 0 Å². The Morgan fingerprint density at radius 2 is 2.26 bits per heavy atom. The number of benzene rings is 1. The Balaban J connectivity index is 2.14. The molecule has 1 aromatic rings. The molecule has 1 fully saturated rings. The van der Waals surface area contributed by atoms with E-state index < -0.39 is 5.54 Å². The largest absolute Gasteiger partial charge is 0.497 e. The fourth-order valence-corrected chi connectivity index (χ4v) is 2.40. The van der Waals surface area contributed by atoms with Crippen molar-refractivity contribution in [3.63, 3.8) is 0 Å². The number of rotatable bonds is 3. The SMILES string of the molecule is COc1ccc(Cl)c(NC(=O)C2(C)CCCCN2)c1. The maximum atomic E-state index is 12.4. The van der Waals surface area contributed by atoms with E-state index in [1.807, 2.05) is 6.92 Å². The van der Waals surface area contributed by atoms with Crippen LogP contribution in [-0.4, -0.2) is 25.1 Å². The topological polar surface area (TPSA) is 50.4 Å². The maximum Gasteiger partial charge on any atom is 0.244 e. The second-order valence-corrected chi connectivity index (χ2v) is 5.42. The quantitative estimate of drug-likeness (QED) is 0.896. The van der Waals surface area contributed by atoms with Crippen molar-refractivity contribution in [3.05, 3.63) is 23.2 Å². The van der Waals surface area contributed by atoms with Crippen molar-refractivity contribution >= 4 is 23.2 Å². The third-order valence-electron chi connectivity index (χ3n) is 3.54. The van der Waals surface area contributed by atoms with E-state index >= 15 is 0 Å². The normalized spacial score (nSPS) is 22.9. The lowest BCUT2D eigenvalue weighted by Gasteiger charge is -2.33. The van der Waals surface area contributed by atoms with Crippen LogP contribution in [0.3, 0.4) is 0 Å². The average molecular weight is 283 g/mol. The van der Waals surface area contributed by atoms with Crippen LogP contribution in [0.5, 0.6) is 5.75 Å². The highest BCUT2D eigenvalue weighted by molar-refractivity contribution is 6.33. The lowest BCUT2D eigenvalue weighted by Crippen LogP contribution is -2.54. The van der Waals surface area contributed by atoms with Crippen LogP contribution in [0, 0.1) is 0 Å². The molecule has 1 aromatic carbocycles. The summed E-state index contributed by atoms with van der Waals surface area (Å²) in [5.41, 5.74) is 0.0598. The number of halogens is 1. The number of methoxy groups -OCH3 is 1. The van der Waals surface area contributed by atoms with Gasteiger partial charge in [0, 0.05) is 6.07 Å². The first-order valence-electron chi connectivity index (χ1n) is 6.45. The first-order chi connectivity index (χ1) is 9.05. The summed E-state index contributed by atoms with van der Waals surface area (Å²) in [5.74, 6) is 0.615. The minimum absolute atomic E-state index is 0.0534. The Bertz CT molecular complexity index is 471. The Hall–Kier alpha value is -1.26. The van der Waals surface area contributed by atoms with Gasteiger partial charge in [-0.1, -0.05) is 11.6 Å². The van der Waals surface area contributed by atoms with E-state index in [0.717, 1.165) is 25.8 Å². The molecule has 1 heterocycles. The second-order valence-electron chi connectivity index (χ2n) is 5.02. The molecule has 0 saturated carbocycles. The van der Waals surface area contributed by atoms with Gasteiger partial charge in [0.05, 0.1) is 23.4 Å². The molecule has 0 bridgehead atoms. The summed E-state index contributed by atoms with van der Waals surface area (Å²) in [6.45, 7) is 2.80. The molecule has 2 N–H and O–H groups in total. The fraction of sp³-hybridized carbons (Fsp3) is 0.500. The van der Waals surface area contributed by atoms with Gasteiger partial charge < -0.3 is 15.4 Å². The zero-order valence-electron chi connectivity index (χ0n) is 11.3. The number of ether oxygens (including phenoxy) is 1. The minimum Gasteiger partial charge on any atom is -0.497 e. The molecule has 1 aliphatic heterocycles. The molecule has 1 amide bonds. The van der Waals surface area contributed by atoms with E-state index in [1.54, 1.807) is 25.3 Å². The molecule has 19 heavy (non-hydrogen) atoms. The zero-order chi connectivity index (χ0) is 13.9. The Morgan fingerprint density at radius 1 is 1.47 bits per heavy atom. The molecule has 4 nitrogen and oxygen atoms in total. The molecule has 5 heteroatoms. The van der Waals surface area contributed by atoms with Crippen LogP contribution >= 0.6 is 11.6 Å². The molecule has 0 radical (unpaired) electrons. The van der Waals surface area contributed by atoms with E-state index in [1.165, 1.54) is 0 Å². The van der Waals surface area contributed by atoms with Crippen molar-refractivity contribution in [1.29, 1.82) is 0 Å². The van der Waals surface area contributed by atoms with Gasteiger partial charge in [-0.15, -0.1) is 0 Å². The predicted octanol–water partition coefficient (Wildman–Crippen LogP) is 2.82. The van der Waals surface area contributed by atoms with Crippen LogP contribution in [0.15, 0.2) is 18.2 Å². The molecule has 2 rings (SSSR count). The molecule has 1 aliphatic rings. The van der Waals surface area contributed by atoms with E-state index in [0.29, 0.717) is 16.5 Å². The number of carbonyl (C=O) groups excluding carboxylic acids is 1. The van der Waals surface area contributed by atoms with Gasteiger partial charge in [0.1, 0.15) is 5.75 Å². The highest BCUT2D eigenvalue weighted by Gasteiger charge is 2.34. The molecular formula is C14H19ClN2O2. The molecule has 1 unspecified atom stereocenters. The smallest absolute Gasteiger partial charge is 0.244 e. The van der Waals surface area contributed by atoms with E-state index in [4.69, 9.17) is 16.3 Å². The highest BCUT2D eigenvalue weighted by atomic mass is 35.5. The van der Waals surface area contributed by atoms with Gasteiger partial charge in [-0.25, -0.2) is 0 Å². The van der Waals surface area contributed by atoms with Crippen molar-refractivity contribution in [3.8, 4) is 5.75 Å². The first kappa shape index (κ1) is 14.2. The number of piperidine rings is 1. The fourth-order valence-electron chi connectivity index (χ4n) is 2.24. The third-order valence-corrected chi connectivity index (χ3v) is 3.87. The van der Waals surface area contributed by atoms with Crippen molar-refractivity contribution in [2.75, 3.05) is 19.0 Å². The molecular weight excluding hydrogens is 264 g/mol. The molecule has 1 saturated heterocycles. The van der Waals surface area contributed by atoms with E-state index in [2.05, 4.69) is 10.6 Å².